The second-order valence-corrected chi connectivity index (χ2v) is 5.12. The zero-order chi connectivity index (χ0) is 14.4. The van der Waals surface area contributed by atoms with Gasteiger partial charge < -0.3 is 15.0 Å². The Balaban J connectivity index is 1.98. The third kappa shape index (κ3) is 3.77. The van der Waals surface area contributed by atoms with Crippen LogP contribution < -0.4 is 5.32 Å². The van der Waals surface area contributed by atoms with Crippen molar-refractivity contribution in [2.45, 2.75) is 31.8 Å². The van der Waals surface area contributed by atoms with Gasteiger partial charge in [0.15, 0.2) is 0 Å². The summed E-state index contributed by atoms with van der Waals surface area (Å²) in [5, 5.41) is 7.47. The van der Waals surface area contributed by atoms with Crippen molar-refractivity contribution in [3.63, 3.8) is 0 Å². The fourth-order valence-electron chi connectivity index (χ4n) is 2.47. The van der Waals surface area contributed by atoms with Crippen LogP contribution in [0.5, 0.6) is 0 Å². The smallest absolute Gasteiger partial charge is 0.247 e. The molecule has 2 rings (SSSR count). The predicted molar refractivity (Wildman–Crippen MR) is 74.2 cm³/mol. The number of carbonyl (C=O) groups is 1. The number of rotatable bonds is 7. The van der Waals surface area contributed by atoms with Gasteiger partial charge in [-0.05, 0) is 26.3 Å². The van der Waals surface area contributed by atoms with Crippen molar-refractivity contribution in [2.75, 3.05) is 33.4 Å². The minimum atomic E-state index is -0.337. The minimum absolute atomic E-state index is 0.0567. The molecule has 1 amide bonds. The number of carbonyl (C=O) groups excluding carboxylic acids is 1. The summed E-state index contributed by atoms with van der Waals surface area (Å²) in [6.45, 7) is 4.75. The van der Waals surface area contributed by atoms with Crippen molar-refractivity contribution in [1.29, 1.82) is 0 Å². The topological polar surface area (TPSA) is 72.3 Å². The number of hydrogen-bond acceptors (Lipinski definition) is 5. The minimum Gasteiger partial charge on any atom is -0.383 e. The third-order valence-corrected chi connectivity index (χ3v) is 3.67. The van der Waals surface area contributed by atoms with Crippen molar-refractivity contribution in [3.05, 3.63) is 12.7 Å². The summed E-state index contributed by atoms with van der Waals surface area (Å²) in [7, 11) is 1.65. The van der Waals surface area contributed by atoms with Gasteiger partial charge in [0.05, 0.1) is 6.61 Å². The van der Waals surface area contributed by atoms with Gasteiger partial charge in [-0.1, -0.05) is 0 Å². The lowest BCUT2D eigenvalue weighted by Gasteiger charge is -2.28. The highest BCUT2D eigenvalue weighted by atomic mass is 16.5. The molecule has 1 aromatic rings. The molecule has 1 aromatic heterocycles. The van der Waals surface area contributed by atoms with Crippen LogP contribution in [0.4, 0.5) is 0 Å². The SMILES string of the molecule is COCCN(CC1CCCN1)C(=O)C(C)n1cncn1. The first kappa shape index (κ1) is 14.9. The number of nitrogens with zero attached hydrogens (tertiary/aromatic N) is 4. The van der Waals surface area contributed by atoms with E-state index in [2.05, 4.69) is 15.4 Å². The molecular weight excluding hydrogens is 258 g/mol. The summed E-state index contributed by atoms with van der Waals surface area (Å²) in [6, 6.07) is 0.0505. The molecule has 1 fully saturated rings. The molecule has 2 heterocycles. The van der Waals surface area contributed by atoms with Gasteiger partial charge in [-0.3, -0.25) is 4.79 Å². The molecule has 0 radical (unpaired) electrons. The Labute approximate surface area is 119 Å². The van der Waals surface area contributed by atoms with Crippen LogP contribution in [0.25, 0.3) is 0 Å². The van der Waals surface area contributed by atoms with Crippen molar-refractivity contribution >= 4 is 5.91 Å². The average molecular weight is 281 g/mol. The Kier molecular flexibility index (Phi) is 5.49. The lowest BCUT2D eigenvalue weighted by atomic mass is 10.2. The summed E-state index contributed by atoms with van der Waals surface area (Å²) in [4.78, 5) is 18.3. The maximum absolute atomic E-state index is 12.6. The lowest BCUT2D eigenvalue weighted by Crippen LogP contribution is -2.45. The van der Waals surface area contributed by atoms with Crippen molar-refractivity contribution in [3.8, 4) is 0 Å². The first-order valence-electron chi connectivity index (χ1n) is 7.07. The van der Waals surface area contributed by atoms with Gasteiger partial charge in [0, 0.05) is 26.2 Å². The summed E-state index contributed by atoms with van der Waals surface area (Å²) >= 11 is 0. The summed E-state index contributed by atoms with van der Waals surface area (Å²) in [5.74, 6) is 0.0567. The highest BCUT2D eigenvalue weighted by Gasteiger charge is 2.26. The Morgan fingerprint density at radius 1 is 1.65 bits per heavy atom. The van der Waals surface area contributed by atoms with Gasteiger partial charge in [0.25, 0.3) is 0 Å². The second kappa shape index (κ2) is 7.35. The van der Waals surface area contributed by atoms with Crippen molar-refractivity contribution in [2.24, 2.45) is 0 Å². The number of methoxy groups -OCH3 is 1. The Morgan fingerprint density at radius 3 is 3.10 bits per heavy atom. The zero-order valence-electron chi connectivity index (χ0n) is 12.2. The maximum Gasteiger partial charge on any atom is 0.247 e. The standard InChI is InChI=1S/C13H23N5O2/c1-11(18-10-14-9-16-18)13(19)17(6-7-20-2)8-12-4-3-5-15-12/h9-12,15H,3-8H2,1-2H3. The third-order valence-electron chi connectivity index (χ3n) is 3.67. The van der Waals surface area contributed by atoms with Crippen LogP contribution in [0.1, 0.15) is 25.8 Å². The van der Waals surface area contributed by atoms with Gasteiger partial charge in [-0.2, -0.15) is 5.10 Å². The molecule has 2 atom stereocenters. The fourth-order valence-corrected chi connectivity index (χ4v) is 2.47. The highest BCUT2D eigenvalue weighted by molar-refractivity contribution is 5.80. The molecule has 0 spiro atoms. The van der Waals surface area contributed by atoms with Crippen LogP contribution >= 0.6 is 0 Å². The molecule has 7 heteroatoms. The van der Waals surface area contributed by atoms with Gasteiger partial charge in [-0.15, -0.1) is 0 Å². The summed E-state index contributed by atoms with van der Waals surface area (Å²) in [6.07, 6.45) is 5.32. The molecule has 1 saturated heterocycles. The van der Waals surface area contributed by atoms with E-state index in [4.69, 9.17) is 4.74 Å². The van der Waals surface area contributed by atoms with E-state index in [0.717, 1.165) is 19.5 Å². The zero-order valence-corrected chi connectivity index (χ0v) is 12.2. The molecule has 1 aliphatic rings. The molecule has 0 saturated carbocycles. The van der Waals surface area contributed by atoms with Crippen LogP contribution in [0, 0.1) is 0 Å². The largest absolute Gasteiger partial charge is 0.383 e. The highest BCUT2D eigenvalue weighted by Crippen LogP contribution is 2.12. The number of amides is 1. The second-order valence-electron chi connectivity index (χ2n) is 5.12. The Bertz CT molecular complexity index is 403. The quantitative estimate of drug-likeness (QED) is 0.765. The normalized spacial score (nSPS) is 20.0. The molecule has 0 aromatic carbocycles. The van der Waals surface area contributed by atoms with Crippen LogP contribution in [-0.4, -0.2) is 65.0 Å². The molecule has 1 aliphatic heterocycles. The van der Waals surface area contributed by atoms with E-state index in [1.807, 2.05) is 11.8 Å². The van der Waals surface area contributed by atoms with E-state index in [9.17, 15) is 4.79 Å². The maximum atomic E-state index is 12.6. The van der Waals surface area contributed by atoms with Gasteiger partial charge in [0.1, 0.15) is 18.7 Å². The van der Waals surface area contributed by atoms with Gasteiger partial charge in [-0.25, -0.2) is 9.67 Å². The molecular formula is C13H23N5O2. The molecule has 7 nitrogen and oxygen atoms in total. The number of nitrogens with one attached hydrogen (secondary N) is 1. The Morgan fingerprint density at radius 2 is 2.50 bits per heavy atom. The van der Waals surface area contributed by atoms with E-state index >= 15 is 0 Å². The molecule has 20 heavy (non-hydrogen) atoms. The van der Waals surface area contributed by atoms with E-state index in [0.29, 0.717) is 19.2 Å². The molecule has 2 unspecified atom stereocenters. The van der Waals surface area contributed by atoms with Gasteiger partial charge >= 0.3 is 0 Å². The van der Waals surface area contributed by atoms with E-state index in [1.54, 1.807) is 18.1 Å². The number of ether oxygens (including phenoxy) is 1. The molecule has 1 N–H and O–H groups in total. The molecule has 0 bridgehead atoms. The van der Waals surface area contributed by atoms with Crippen molar-refractivity contribution in [1.82, 2.24) is 25.0 Å². The van der Waals surface area contributed by atoms with Gasteiger partial charge in [0.2, 0.25) is 5.91 Å². The van der Waals surface area contributed by atoms with Crippen LogP contribution in [-0.2, 0) is 9.53 Å². The first-order chi connectivity index (χ1) is 9.72. The first-order valence-corrected chi connectivity index (χ1v) is 7.07. The number of hydrogen-bond donors (Lipinski definition) is 1. The van der Waals surface area contributed by atoms with Crippen molar-refractivity contribution < 1.29 is 9.53 Å². The van der Waals surface area contributed by atoms with Crippen LogP contribution in [0.15, 0.2) is 12.7 Å². The monoisotopic (exact) mass is 281 g/mol. The average Bonchev–Trinajstić information content (AvgIpc) is 3.14. The summed E-state index contributed by atoms with van der Waals surface area (Å²) < 4.78 is 6.70. The van der Waals surface area contributed by atoms with Crippen LogP contribution in [0.2, 0.25) is 0 Å². The predicted octanol–water partition coefficient (Wildman–Crippen LogP) is 0.0661. The fraction of sp³-hybridized carbons (Fsp3) is 0.769. The van der Waals surface area contributed by atoms with E-state index in [-0.39, 0.29) is 11.9 Å². The van der Waals surface area contributed by atoms with Crippen LogP contribution in [0.3, 0.4) is 0 Å². The Hall–Kier alpha value is -1.47. The van der Waals surface area contributed by atoms with E-state index in [1.165, 1.54) is 12.7 Å². The van der Waals surface area contributed by atoms with E-state index < -0.39 is 0 Å². The molecule has 112 valence electrons. The number of aromatic nitrogens is 3. The lowest BCUT2D eigenvalue weighted by molar-refractivity contribution is -0.135. The summed E-state index contributed by atoms with van der Waals surface area (Å²) in [5.41, 5.74) is 0. The molecule has 0 aliphatic carbocycles.